The second kappa shape index (κ2) is 11.2. The first kappa shape index (κ1) is 22.4. The standard InChI is InChI=1S/C21H25N3O4S/c1-4-11-22-19(26)15(3)24-18(25)13-28-21(27)17-6-5-12-23-20(17)29-16-9-7-14(2)8-10-16/h5-10,12,15H,4,11,13H2,1-3H3,(H,22,26)(H,24,25)/t15-/m0/s1. The highest BCUT2D eigenvalue weighted by Crippen LogP contribution is 2.29. The number of pyridine rings is 1. The fourth-order valence-corrected chi connectivity index (χ4v) is 3.17. The second-order valence-electron chi connectivity index (χ2n) is 6.43. The van der Waals surface area contributed by atoms with E-state index in [9.17, 15) is 14.4 Å². The zero-order chi connectivity index (χ0) is 21.2. The zero-order valence-corrected chi connectivity index (χ0v) is 17.5. The van der Waals surface area contributed by atoms with E-state index >= 15 is 0 Å². The SMILES string of the molecule is CCCNC(=O)[C@H](C)NC(=O)COC(=O)c1cccnc1Sc1ccc(C)cc1. The Kier molecular flexibility index (Phi) is 8.67. The minimum atomic E-state index is -0.709. The van der Waals surface area contributed by atoms with Gasteiger partial charge in [-0.25, -0.2) is 9.78 Å². The highest BCUT2D eigenvalue weighted by Gasteiger charge is 2.19. The van der Waals surface area contributed by atoms with Gasteiger partial charge in [-0.05, 0) is 44.5 Å². The maximum absolute atomic E-state index is 12.4. The van der Waals surface area contributed by atoms with Gasteiger partial charge in [0.2, 0.25) is 5.91 Å². The summed E-state index contributed by atoms with van der Waals surface area (Å²) in [6, 6.07) is 10.4. The summed E-state index contributed by atoms with van der Waals surface area (Å²) >= 11 is 1.34. The Morgan fingerprint density at radius 2 is 1.90 bits per heavy atom. The third kappa shape index (κ3) is 7.23. The number of nitrogens with one attached hydrogen (secondary N) is 2. The summed E-state index contributed by atoms with van der Waals surface area (Å²) in [6.45, 7) is 5.57. The molecule has 0 unspecified atom stereocenters. The lowest BCUT2D eigenvalue weighted by Gasteiger charge is -2.14. The lowest BCUT2D eigenvalue weighted by Crippen LogP contribution is -2.46. The number of rotatable bonds is 9. The first-order chi connectivity index (χ1) is 13.9. The van der Waals surface area contributed by atoms with E-state index < -0.39 is 24.5 Å². The number of hydrogen-bond donors (Lipinski definition) is 2. The Hall–Kier alpha value is -2.87. The monoisotopic (exact) mass is 415 g/mol. The van der Waals surface area contributed by atoms with Gasteiger partial charge in [0.15, 0.2) is 6.61 Å². The average molecular weight is 416 g/mol. The van der Waals surface area contributed by atoms with Crippen LogP contribution in [0.4, 0.5) is 0 Å². The molecule has 1 atom stereocenters. The molecule has 1 heterocycles. The van der Waals surface area contributed by atoms with Gasteiger partial charge in [-0.1, -0.05) is 36.4 Å². The van der Waals surface area contributed by atoms with Crippen molar-refractivity contribution >= 4 is 29.5 Å². The smallest absolute Gasteiger partial charge is 0.341 e. The Morgan fingerprint density at radius 3 is 2.59 bits per heavy atom. The Labute approximate surface area is 174 Å². The predicted octanol–water partition coefficient (Wildman–Crippen LogP) is 2.73. The van der Waals surface area contributed by atoms with Crippen molar-refractivity contribution in [2.45, 2.75) is 43.2 Å². The number of carbonyl (C=O) groups is 3. The van der Waals surface area contributed by atoms with E-state index in [-0.39, 0.29) is 11.5 Å². The number of aromatic nitrogens is 1. The maximum Gasteiger partial charge on any atom is 0.341 e. The topological polar surface area (TPSA) is 97.4 Å². The van der Waals surface area contributed by atoms with Gasteiger partial charge in [-0.3, -0.25) is 9.59 Å². The average Bonchev–Trinajstić information content (AvgIpc) is 2.72. The molecular weight excluding hydrogens is 390 g/mol. The van der Waals surface area contributed by atoms with Crippen LogP contribution in [-0.4, -0.2) is 42.0 Å². The Morgan fingerprint density at radius 1 is 1.17 bits per heavy atom. The third-order valence-corrected chi connectivity index (χ3v) is 4.91. The predicted molar refractivity (Wildman–Crippen MR) is 111 cm³/mol. The molecule has 2 amide bonds. The summed E-state index contributed by atoms with van der Waals surface area (Å²) in [7, 11) is 0. The van der Waals surface area contributed by atoms with Crippen molar-refractivity contribution in [3.63, 3.8) is 0 Å². The van der Waals surface area contributed by atoms with Crippen molar-refractivity contribution in [1.29, 1.82) is 0 Å². The van der Waals surface area contributed by atoms with Crippen LogP contribution in [0.1, 0.15) is 36.2 Å². The molecule has 0 fully saturated rings. The second-order valence-corrected chi connectivity index (χ2v) is 7.49. The van der Waals surface area contributed by atoms with E-state index in [2.05, 4.69) is 15.6 Å². The quantitative estimate of drug-likeness (QED) is 0.611. The molecule has 0 bridgehead atoms. The molecule has 29 heavy (non-hydrogen) atoms. The van der Waals surface area contributed by atoms with E-state index in [0.717, 1.165) is 16.9 Å². The molecule has 2 rings (SSSR count). The number of nitrogens with zero attached hydrogens (tertiary/aromatic N) is 1. The van der Waals surface area contributed by atoms with Crippen LogP contribution >= 0.6 is 11.8 Å². The van der Waals surface area contributed by atoms with Crippen molar-refractivity contribution in [3.8, 4) is 0 Å². The minimum Gasteiger partial charge on any atom is -0.452 e. The molecule has 0 aliphatic heterocycles. The van der Waals surface area contributed by atoms with Gasteiger partial charge < -0.3 is 15.4 Å². The molecular formula is C21H25N3O4S. The number of hydrogen-bond acceptors (Lipinski definition) is 6. The lowest BCUT2D eigenvalue weighted by molar-refractivity contribution is -0.130. The van der Waals surface area contributed by atoms with E-state index in [1.807, 2.05) is 38.1 Å². The van der Waals surface area contributed by atoms with Crippen LogP contribution in [0, 0.1) is 6.92 Å². The van der Waals surface area contributed by atoms with Gasteiger partial charge in [-0.15, -0.1) is 0 Å². The van der Waals surface area contributed by atoms with Crippen LogP contribution in [-0.2, 0) is 14.3 Å². The summed E-state index contributed by atoms with van der Waals surface area (Å²) in [5.74, 6) is -1.48. The fourth-order valence-electron chi connectivity index (χ4n) is 2.30. The van der Waals surface area contributed by atoms with E-state index in [1.54, 1.807) is 25.3 Å². The van der Waals surface area contributed by atoms with Gasteiger partial charge in [0.25, 0.3) is 5.91 Å². The number of benzene rings is 1. The summed E-state index contributed by atoms with van der Waals surface area (Å²) in [6.07, 6.45) is 2.40. The molecule has 0 aliphatic rings. The van der Waals surface area contributed by atoms with Crippen molar-refractivity contribution in [3.05, 3.63) is 53.7 Å². The molecule has 1 aromatic heterocycles. The lowest BCUT2D eigenvalue weighted by atomic mass is 10.2. The third-order valence-electron chi connectivity index (χ3n) is 3.88. The molecule has 2 aromatic rings. The molecule has 2 N–H and O–H groups in total. The summed E-state index contributed by atoms with van der Waals surface area (Å²) in [5.41, 5.74) is 1.42. The molecule has 0 saturated carbocycles. The molecule has 0 spiro atoms. The molecule has 7 nitrogen and oxygen atoms in total. The van der Waals surface area contributed by atoms with Gasteiger partial charge in [-0.2, -0.15) is 0 Å². The molecule has 8 heteroatoms. The van der Waals surface area contributed by atoms with Crippen LogP contribution in [0.2, 0.25) is 0 Å². The molecule has 1 aromatic carbocycles. The van der Waals surface area contributed by atoms with E-state index in [1.165, 1.54) is 11.8 Å². The van der Waals surface area contributed by atoms with Crippen LogP contribution in [0.25, 0.3) is 0 Å². The summed E-state index contributed by atoms with van der Waals surface area (Å²) < 4.78 is 5.11. The van der Waals surface area contributed by atoms with Crippen LogP contribution in [0.15, 0.2) is 52.5 Å². The molecule has 154 valence electrons. The largest absolute Gasteiger partial charge is 0.452 e. The minimum absolute atomic E-state index is 0.277. The number of amides is 2. The van der Waals surface area contributed by atoms with Gasteiger partial charge in [0, 0.05) is 17.6 Å². The van der Waals surface area contributed by atoms with Crippen LogP contribution in [0.3, 0.4) is 0 Å². The van der Waals surface area contributed by atoms with Gasteiger partial charge in [0.05, 0.1) is 5.56 Å². The molecule has 0 saturated heterocycles. The van der Waals surface area contributed by atoms with Gasteiger partial charge >= 0.3 is 5.97 Å². The number of ether oxygens (including phenoxy) is 1. The Bertz CT molecular complexity index is 855. The maximum atomic E-state index is 12.4. The van der Waals surface area contributed by atoms with Crippen LogP contribution < -0.4 is 10.6 Å². The number of esters is 1. The van der Waals surface area contributed by atoms with Crippen LogP contribution in [0.5, 0.6) is 0 Å². The normalized spacial score (nSPS) is 11.4. The van der Waals surface area contributed by atoms with Crippen molar-refractivity contribution < 1.29 is 19.1 Å². The summed E-state index contributed by atoms with van der Waals surface area (Å²) in [5, 5.41) is 5.69. The highest BCUT2D eigenvalue weighted by molar-refractivity contribution is 7.99. The fraction of sp³-hybridized carbons (Fsp3) is 0.333. The van der Waals surface area contributed by atoms with Gasteiger partial charge in [0.1, 0.15) is 11.1 Å². The summed E-state index contributed by atoms with van der Waals surface area (Å²) in [4.78, 5) is 41.4. The van der Waals surface area contributed by atoms with E-state index in [0.29, 0.717) is 11.6 Å². The van der Waals surface area contributed by atoms with Crippen molar-refractivity contribution in [2.24, 2.45) is 0 Å². The van der Waals surface area contributed by atoms with E-state index in [4.69, 9.17) is 4.74 Å². The Balaban J connectivity index is 1.93. The zero-order valence-electron chi connectivity index (χ0n) is 16.7. The van der Waals surface area contributed by atoms with Crippen molar-refractivity contribution in [1.82, 2.24) is 15.6 Å². The number of aryl methyl sites for hydroxylation is 1. The first-order valence-electron chi connectivity index (χ1n) is 9.34. The van der Waals surface area contributed by atoms with Crippen molar-refractivity contribution in [2.75, 3.05) is 13.2 Å². The highest BCUT2D eigenvalue weighted by atomic mass is 32.2. The number of carbonyl (C=O) groups excluding carboxylic acids is 3. The first-order valence-corrected chi connectivity index (χ1v) is 10.2. The molecule has 0 aliphatic carbocycles. The molecule has 0 radical (unpaired) electrons.